The molecule has 0 aliphatic rings. The zero-order valence-electron chi connectivity index (χ0n) is 8.07. The molecule has 4 nitrogen and oxygen atoms in total. The van der Waals surface area contributed by atoms with Crippen LogP contribution in [0.5, 0.6) is 5.75 Å². The van der Waals surface area contributed by atoms with E-state index in [0.29, 0.717) is 11.4 Å². The number of amides is 1. The van der Waals surface area contributed by atoms with Gasteiger partial charge in [0.05, 0.1) is 6.42 Å². The third-order valence-corrected chi connectivity index (χ3v) is 1.71. The van der Waals surface area contributed by atoms with Gasteiger partial charge in [-0.15, -0.1) is 0 Å². The second-order valence-electron chi connectivity index (χ2n) is 3.17. The Morgan fingerprint density at radius 2 is 2.00 bits per heavy atom. The molecule has 0 aliphatic carbocycles. The van der Waals surface area contributed by atoms with Crippen molar-refractivity contribution in [2.45, 2.75) is 19.4 Å². The summed E-state index contributed by atoms with van der Waals surface area (Å²) in [5.74, 6) is 0.320. The summed E-state index contributed by atoms with van der Waals surface area (Å²) in [5.41, 5.74) is 11.2. The van der Waals surface area contributed by atoms with Gasteiger partial charge in [-0.3, -0.25) is 4.79 Å². The molecule has 0 fully saturated rings. The van der Waals surface area contributed by atoms with E-state index in [1.54, 1.807) is 31.2 Å². The Labute approximate surface area is 82.8 Å². The van der Waals surface area contributed by atoms with Gasteiger partial charge >= 0.3 is 0 Å². The number of nitrogen functional groups attached to an aromatic ring is 1. The molecular weight excluding hydrogens is 180 g/mol. The molecule has 0 saturated carbocycles. The Morgan fingerprint density at radius 3 is 2.50 bits per heavy atom. The van der Waals surface area contributed by atoms with Crippen molar-refractivity contribution in [2.75, 3.05) is 5.73 Å². The van der Waals surface area contributed by atoms with Gasteiger partial charge in [-0.05, 0) is 31.2 Å². The largest absolute Gasteiger partial charge is 0.490 e. The van der Waals surface area contributed by atoms with Gasteiger partial charge < -0.3 is 16.2 Å². The summed E-state index contributed by atoms with van der Waals surface area (Å²) in [6.07, 6.45) is 0.000753. The lowest BCUT2D eigenvalue weighted by molar-refractivity contribution is -0.119. The predicted octanol–water partition coefficient (Wildman–Crippen LogP) is 0.911. The van der Waals surface area contributed by atoms with Crippen LogP contribution in [0, 0.1) is 0 Å². The van der Waals surface area contributed by atoms with E-state index in [0.717, 1.165) is 0 Å². The molecule has 1 rings (SSSR count). The fourth-order valence-electron chi connectivity index (χ4n) is 1.10. The minimum Gasteiger partial charge on any atom is -0.490 e. The van der Waals surface area contributed by atoms with Crippen LogP contribution in [0.25, 0.3) is 0 Å². The molecule has 0 spiro atoms. The van der Waals surface area contributed by atoms with E-state index in [2.05, 4.69) is 0 Å². The van der Waals surface area contributed by atoms with E-state index < -0.39 is 0 Å². The lowest BCUT2D eigenvalue weighted by Crippen LogP contribution is -2.22. The van der Waals surface area contributed by atoms with Crippen molar-refractivity contribution in [3.63, 3.8) is 0 Å². The number of anilines is 1. The zero-order valence-corrected chi connectivity index (χ0v) is 8.07. The lowest BCUT2D eigenvalue weighted by Gasteiger charge is -2.12. The maximum absolute atomic E-state index is 10.6. The van der Waals surface area contributed by atoms with Crippen molar-refractivity contribution in [3.05, 3.63) is 24.3 Å². The van der Waals surface area contributed by atoms with Crippen molar-refractivity contribution in [1.29, 1.82) is 0 Å². The van der Waals surface area contributed by atoms with Gasteiger partial charge in [-0.2, -0.15) is 0 Å². The number of carbonyl (C=O) groups is 1. The van der Waals surface area contributed by atoms with Crippen LogP contribution in [-0.2, 0) is 4.79 Å². The maximum Gasteiger partial charge on any atom is 0.221 e. The summed E-state index contributed by atoms with van der Waals surface area (Å²) in [6.45, 7) is 1.79. The molecule has 1 amide bonds. The van der Waals surface area contributed by atoms with Crippen molar-refractivity contribution in [2.24, 2.45) is 5.73 Å². The molecule has 0 radical (unpaired) electrons. The fourth-order valence-corrected chi connectivity index (χ4v) is 1.10. The van der Waals surface area contributed by atoms with Crippen LogP contribution in [-0.4, -0.2) is 12.0 Å². The van der Waals surface area contributed by atoms with Crippen molar-refractivity contribution in [1.82, 2.24) is 0 Å². The highest BCUT2D eigenvalue weighted by atomic mass is 16.5. The Kier molecular flexibility index (Phi) is 3.34. The van der Waals surface area contributed by atoms with Gasteiger partial charge in [0.15, 0.2) is 0 Å². The van der Waals surface area contributed by atoms with E-state index in [1.807, 2.05) is 0 Å². The molecule has 0 aliphatic heterocycles. The van der Waals surface area contributed by atoms with E-state index in [9.17, 15) is 4.79 Å². The van der Waals surface area contributed by atoms with E-state index in [4.69, 9.17) is 16.2 Å². The molecule has 1 atom stereocenters. The summed E-state index contributed by atoms with van der Waals surface area (Å²) in [5, 5.41) is 0. The summed E-state index contributed by atoms with van der Waals surface area (Å²) >= 11 is 0. The monoisotopic (exact) mass is 194 g/mol. The summed E-state index contributed by atoms with van der Waals surface area (Å²) in [7, 11) is 0. The molecular formula is C10H14N2O2. The first-order valence-corrected chi connectivity index (χ1v) is 4.38. The van der Waals surface area contributed by atoms with Crippen LogP contribution >= 0.6 is 0 Å². The molecule has 0 aromatic heterocycles. The first-order valence-electron chi connectivity index (χ1n) is 4.38. The van der Waals surface area contributed by atoms with Crippen LogP contribution in [0.3, 0.4) is 0 Å². The summed E-state index contributed by atoms with van der Waals surface area (Å²) in [6, 6.07) is 7.00. The van der Waals surface area contributed by atoms with E-state index in [1.165, 1.54) is 0 Å². The maximum atomic E-state index is 10.6. The smallest absolute Gasteiger partial charge is 0.221 e. The number of primary amides is 1. The average Bonchev–Trinajstić information content (AvgIpc) is 2.07. The lowest BCUT2D eigenvalue weighted by atomic mass is 10.2. The summed E-state index contributed by atoms with van der Waals surface area (Å²) < 4.78 is 5.42. The quantitative estimate of drug-likeness (QED) is 0.699. The topological polar surface area (TPSA) is 78.3 Å². The van der Waals surface area contributed by atoms with E-state index >= 15 is 0 Å². The first kappa shape index (κ1) is 10.4. The molecule has 4 heteroatoms. The number of ether oxygens (including phenoxy) is 1. The highest BCUT2D eigenvalue weighted by Gasteiger charge is 2.06. The molecule has 1 aromatic rings. The molecule has 1 unspecified atom stereocenters. The SMILES string of the molecule is CC(CC(N)=O)Oc1ccc(N)cc1. The number of rotatable bonds is 4. The number of nitrogens with two attached hydrogens (primary N) is 2. The second kappa shape index (κ2) is 4.50. The van der Waals surface area contributed by atoms with Crippen molar-refractivity contribution >= 4 is 11.6 Å². The normalized spacial score (nSPS) is 12.1. The van der Waals surface area contributed by atoms with Gasteiger partial charge in [-0.25, -0.2) is 0 Å². The highest BCUT2D eigenvalue weighted by Crippen LogP contribution is 2.15. The minimum atomic E-state index is -0.368. The predicted molar refractivity (Wildman–Crippen MR) is 54.8 cm³/mol. The van der Waals surface area contributed by atoms with Gasteiger partial charge in [0.25, 0.3) is 0 Å². The van der Waals surface area contributed by atoms with Gasteiger partial charge in [-0.1, -0.05) is 0 Å². The number of benzene rings is 1. The van der Waals surface area contributed by atoms with Crippen LogP contribution in [0.4, 0.5) is 5.69 Å². The third-order valence-electron chi connectivity index (χ3n) is 1.71. The molecule has 76 valence electrons. The average molecular weight is 194 g/mol. The van der Waals surface area contributed by atoms with Gasteiger partial charge in [0, 0.05) is 5.69 Å². The number of hydrogen-bond donors (Lipinski definition) is 2. The Hall–Kier alpha value is -1.71. The molecule has 4 N–H and O–H groups in total. The first-order chi connectivity index (χ1) is 6.58. The van der Waals surface area contributed by atoms with E-state index in [-0.39, 0.29) is 18.4 Å². The molecule has 1 aromatic carbocycles. The van der Waals surface area contributed by atoms with Crippen LogP contribution < -0.4 is 16.2 Å². The third kappa shape index (κ3) is 3.35. The second-order valence-corrected chi connectivity index (χ2v) is 3.17. The summed E-state index contributed by atoms with van der Waals surface area (Å²) in [4.78, 5) is 10.6. The zero-order chi connectivity index (χ0) is 10.6. The molecule has 14 heavy (non-hydrogen) atoms. The Balaban J connectivity index is 2.51. The van der Waals surface area contributed by atoms with Crippen molar-refractivity contribution < 1.29 is 9.53 Å². The van der Waals surface area contributed by atoms with Gasteiger partial charge in [0.2, 0.25) is 5.91 Å². The fraction of sp³-hybridized carbons (Fsp3) is 0.300. The van der Waals surface area contributed by atoms with Gasteiger partial charge in [0.1, 0.15) is 11.9 Å². The van der Waals surface area contributed by atoms with Crippen LogP contribution in [0.15, 0.2) is 24.3 Å². The number of hydrogen-bond acceptors (Lipinski definition) is 3. The molecule has 0 bridgehead atoms. The van der Waals surface area contributed by atoms with Crippen LogP contribution in [0.1, 0.15) is 13.3 Å². The van der Waals surface area contributed by atoms with Crippen molar-refractivity contribution in [3.8, 4) is 5.75 Å². The van der Waals surface area contributed by atoms with Crippen LogP contribution in [0.2, 0.25) is 0 Å². The Morgan fingerprint density at radius 1 is 1.43 bits per heavy atom. The Bertz CT molecular complexity index is 308. The highest BCUT2D eigenvalue weighted by molar-refractivity contribution is 5.74. The molecule has 0 heterocycles. The standard InChI is InChI=1S/C10H14N2O2/c1-7(6-10(12)13)14-9-4-2-8(11)3-5-9/h2-5,7H,6,11H2,1H3,(H2,12,13). The molecule has 0 saturated heterocycles. The number of carbonyl (C=O) groups excluding carboxylic acids is 1. The minimum absolute atomic E-state index is 0.212.